The van der Waals surface area contributed by atoms with Crippen molar-refractivity contribution in [2.75, 3.05) is 6.54 Å². The quantitative estimate of drug-likeness (QED) is 0.602. The number of carbonyl (C=O) groups excluding carboxylic acids is 1. The Morgan fingerprint density at radius 2 is 2.07 bits per heavy atom. The molecule has 1 aromatic carbocycles. The van der Waals surface area contributed by atoms with E-state index in [0.717, 1.165) is 16.9 Å². The van der Waals surface area contributed by atoms with Gasteiger partial charge < -0.3 is 4.57 Å². The van der Waals surface area contributed by atoms with Gasteiger partial charge in [-0.1, -0.05) is 22.9 Å². The third-order valence-electron chi connectivity index (χ3n) is 4.58. The Morgan fingerprint density at radius 1 is 1.29 bits per heavy atom. The van der Waals surface area contributed by atoms with E-state index >= 15 is 0 Å². The molecule has 11 heteroatoms. The monoisotopic (exact) mass is 459 g/mol. The number of nitrogens with zero attached hydrogens (tertiary/aromatic N) is 3. The fourth-order valence-corrected chi connectivity index (χ4v) is 7.52. The Hall–Kier alpha value is -1.59. The second-order valence-electron chi connectivity index (χ2n) is 6.34. The van der Waals surface area contributed by atoms with Gasteiger partial charge in [-0.05, 0) is 43.2 Å². The van der Waals surface area contributed by atoms with Crippen LogP contribution >= 0.6 is 34.3 Å². The molecule has 1 aliphatic heterocycles. The molecule has 1 amide bonds. The van der Waals surface area contributed by atoms with Crippen molar-refractivity contribution in [3.63, 3.8) is 0 Å². The van der Waals surface area contributed by atoms with Gasteiger partial charge in [0.15, 0.2) is 4.80 Å². The van der Waals surface area contributed by atoms with Crippen LogP contribution in [0.2, 0.25) is 4.34 Å². The maximum atomic E-state index is 13.4. The minimum absolute atomic E-state index is 0.111. The predicted molar refractivity (Wildman–Crippen MR) is 108 cm³/mol. The summed E-state index contributed by atoms with van der Waals surface area (Å²) in [5, 5.41) is 0. The summed E-state index contributed by atoms with van der Waals surface area (Å²) < 4.78 is 43.3. The zero-order valence-electron chi connectivity index (χ0n) is 14.6. The summed E-state index contributed by atoms with van der Waals surface area (Å²) in [6.45, 7) is 0.257. The number of thiophene rings is 1. The highest BCUT2D eigenvalue weighted by atomic mass is 35.5. The van der Waals surface area contributed by atoms with Crippen molar-refractivity contribution >= 4 is 60.4 Å². The molecule has 1 saturated heterocycles. The van der Waals surface area contributed by atoms with E-state index in [-0.39, 0.29) is 16.6 Å². The summed E-state index contributed by atoms with van der Waals surface area (Å²) in [5.41, 5.74) is 0.752. The SMILES string of the molecule is Cn1c(=NC(=O)C2CCCN2S(=O)(=O)c2ccc(Cl)s2)sc2cc(F)ccc21. The van der Waals surface area contributed by atoms with Crippen LogP contribution in [0.4, 0.5) is 4.39 Å². The normalized spacial score (nSPS) is 19.0. The number of thiazole rings is 1. The van der Waals surface area contributed by atoms with Gasteiger partial charge in [0.05, 0.1) is 14.6 Å². The molecule has 6 nitrogen and oxygen atoms in total. The van der Waals surface area contributed by atoms with E-state index in [4.69, 9.17) is 11.6 Å². The lowest BCUT2D eigenvalue weighted by atomic mass is 10.2. The molecule has 4 rings (SSSR count). The Balaban J connectivity index is 1.70. The first-order chi connectivity index (χ1) is 13.3. The van der Waals surface area contributed by atoms with Crippen LogP contribution in [0.3, 0.4) is 0 Å². The summed E-state index contributed by atoms with van der Waals surface area (Å²) in [5.74, 6) is -0.888. The summed E-state index contributed by atoms with van der Waals surface area (Å²) >= 11 is 8.02. The first-order valence-electron chi connectivity index (χ1n) is 8.38. The van der Waals surface area contributed by atoms with Crippen LogP contribution in [-0.4, -0.2) is 35.8 Å². The molecular weight excluding hydrogens is 445 g/mol. The first-order valence-corrected chi connectivity index (χ1v) is 11.8. The maximum Gasteiger partial charge on any atom is 0.266 e. The average Bonchev–Trinajstić information content (AvgIpc) is 3.35. The first kappa shape index (κ1) is 19.7. The largest absolute Gasteiger partial charge is 0.319 e. The minimum atomic E-state index is -3.81. The van der Waals surface area contributed by atoms with E-state index in [1.54, 1.807) is 17.7 Å². The van der Waals surface area contributed by atoms with Gasteiger partial charge in [0, 0.05) is 13.6 Å². The number of halogens is 2. The number of hydrogen-bond donors (Lipinski definition) is 0. The van der Waals surface area contributed by atoms with Crippen LogP contribution in [0.5, 0.6) is 0 Å². The molecule has 1 atom stereocenters. The van der Waals surface area contributed by atoms with E-state index in [9.17, 15) is 17.6 Å². The van der Waals surface area contributed by atoms with Crippen molar-refractivity contribution in [3.8, 4) is 0 Å². The number of benzene rings is 1. The Morgan fingerprint density at radius 3 is 2.79 bits per heavy atom. The Kier molecular flexibility index (Phi) is 5.17. The molecular formula is C17H15ClFN3O3S3. The van der Waals surface area contributed by atoms with Gasteiger partial charge in [-0.2, -0.15) is 9.30 Å². The van der Waals surface area contributed by atoms with E-state index in [1.807, 2.05) is 0 Å². The molecule has 0 N–H and O–H groups in total. The molecule has 0 radical (unpaired) electrons. The van der Waals surface area contributed by atoms with Crippen molar-refractivity contribution in [2.24, 2.45) is 12.0 Å². The Bertz CT molecular complexity index is 1250. The Labute approximate surface area is 173 Å². The number of fused-ring (bicyclic) bond motifs is 1. The molecule has 28 heavy (non-hydrogen) atoms. The number of aromatic nitrogens is 1. The van der Waals surface area contributed by atoms with Crippen LogP contribution < -0.4 is 4.80 Å². The van der Waals surface area contributed by atoms with Crippen molar-refractivity contribution in [1.82, 2.24) is 8.87 Å². The van der Waals surface area contributed by atoms with Gasteiger partial charge in [-0.3, -0.25) is 4.79 Å². The summed E-state index contributed by atoms with van der Waals surface area (Å²) in [6, 6.07) is 6.46. The fourth-order valence-electron chi connectivity index (χ4n) is 3.21. The van der Waals surface area contributed by atoms with Crippen molar-refractivity contribution in [1.29, 1.82) is 0 Å². The lowest BCUT2D eigenvalue weighted by molar-refractivity contribution is -0.121. The molecule has 1 aliphatic rings. The highest BCUT2D eigenvalue weighted by Crippen LogP contribution is 2.32. The minimum Gasteiger partial charge on any atom is -0.319 e. The lowest BCUT2D eigenvalue weighted by Crippen LogP contribution is -2.40. The van der Waals surface area contributed by atoms with Crippen LogP contribution in [0.25, 0.3) is 10.2 Å². The molecule has 1 fully saturated rings. The zero-order chi connectivity index (χ0) is 20.1. The molecule has 0 bridgehead atoms. The number of aryl methyl sites for hydroxylation is 1. The molecule has 148 valence electrons. The highest BCUT2D eigenvalue weighted by Gasteiger charge is 2.40. The standard InChI is InChI=1S/C17H15ClFN3O3S3/c1-21-11-5-4-10(19)9-13(11)26-17(21)20-16(23)12-3-2-8-22(12)28(24,25)15-7-6-14(18)27-15/h4-7,9,12H,2-3,8H2,1H3. The smallest absolute Gasteiger partial charge is 0.266 e. The summed E-state index contributed by atoms with van der Waals surface area (Å²) in [6.07, 6.45) is 0.984. The van der Waals surface area contributed by atoms with Crippen molar-refractivity contribution < 1.29 is 17.6 Å². The summed E-state index contributed by atoms with van der Waals surface area (Å²) in [7, 11) is -2.08. The van der Waals surface area contributed by atoms with Crippen LogP contribution in [0.15, 0.2) is 39.5 Å². The molecule has 0 spiro atoms. The van der Waals surface area contributed by atoms with Crippen LogP contribution in [0, 0.1) is 5.82 Å². The van der Waals surface area contributed by atoms with E-state index in [1.165, 1.54) is 39.9 Å². The average molecular weight is 460 g/mol. The fraction of sp³-hybridized carbons (Fsp3) is 0.294. The van der Waals surface area contributed by atoms with Crippen LogP contribution in [-0.2, 0) is 21.9 Å². The third kappa shape index (κ3) is 3.43. The van der Waals surface area contributed by atoms with Gasteiger partial charge in [0.1, 0.15) is 16.1 Å². The second kappa shape index (κ2) is 7.34. The molecule has 3 aromatic rings. The lowest BCUT2D eigenvalue weighted by Gasteiger charge is -2.20. The number of rotatable bonds is 3. The van der Waals surface area contributed by atoms with E-state index in [2.05, 4.69) is 4.99 Å². The van der Waals surface area contributed by atoms with Crippen molar-refractivity contribution in [2.45, 2.75) is 23.1 Å². The third-order valence-corrected chi connectivity index (χ3v) is 9.28. The van der Waals surface area contributed by atoms with E-state index in [0.29, 0.717) is 26.7 Å². The number of carbonyl (C=O) groups is 1. The number of sulfonamides is 1. The van der Waals surface area contributed by atoms with Gasteiger partial charge in [0.25, 0.3) is 15.9 Å². The number of amides is 1. The van der Waals surface area contributed by atoms with Gasteiger partial charge >= 0.3 is 0 Å². The highest BCUT2D eigenvalue weighted by molar-refractivity contribution is 7.91. The summed E-state index contributed by atoms with van der Waals surface area (Å²) in [4.78, 5) is 17.4. The maximum absolute atomic E-state index is 13.4. The van der Waals surface area contributed by atoms with Crippen LogP contribution in [0.1, 0.15) is 12.8 Å². The van der Waals surface area contributed by atoms with E-state index < -0.39 is 22.0 Å². The molecule has 1 unspecified atom stereocenters. The van der Waals surface area contributed by atoms with Crippen molar-refractivity contribution in [3.05, 3.63) is 45.3 Å². The predicted octanol–water partition coefficient (Wildman–Crippen LogP) is 3.37. The van der Waals surface area contributed by atoms with Gasteiger partial charge in [-0.15, -0.1) is 11.3 Å². The molecule has 0 aliphatic carbocycles. The van der Waals surface area contributed by atoms with Gasteiger partial charge in [-0.25, -0.2) is 12.8 Å². The zero-order valence-corrected chi connectivity index (χ0v) is 17.8. The van der Waals surface area contributed by atoms with Gasteiger partial charge in [0.2, 0.25) is 0 Å². The topological polar surface area (TPSA) is 71.7 Å². The second-order valence-corrected chi connectivity index (χ2v) is 11.2. The molecule has 3 heterocycles. The molecule has 0 saturated carbocycles. The number of hydrogen-bond acceptors (Lipinski definition) is 5. The molecule has 2 aromatic heterocycles.